The highest BCUT2D eigenvalue weighted by Gasteiger charge is 2.12. The number of benzene rings is 1. The van der Waals surface area contributed by atoms with Gasteiger partial charge < -0.3 is 9.72 Å². The van der Waals surface area contributed by atoms with Crippen LogP contribution < -0.4 is 0 Å². The lowest BCUT2D eigenvalue weighted by molar-refractivity contribution is -0.137. The molecule has 3 aromatic rings. The van der Waals surface area contributed by atoms with Gasteiger partial charge in [0.1, 0.15) is 6.07 Å². The number of rotatable bonds is 4. The van der Waals surface area contributed by atoms with Crippen molar-refractivity contribution in [1.29, 1.82) is 5.26 Å². The summed E-state index contributed by atoms with van der Waals surface area (Å²) in [6.07, 6.45) is 4.79. The van der Waals surface area contributed by atoms with Crippen molar-refractivity contribution in [3.05, 3.63) is 71.7 Å². The van der Waals surface area contributed by atoms with E-state index in [1.807, 2.05) is 36.4 Å². The van der Waals surface area contributed by atoms with Crippen LogP contribution in [0.5, 0.6) is 0 Å². The highest BCUT2D eigenvalue weighted by atomic mass is 16.5. The normalized spacial score (nSPS) is 11.2. The summed E-state index contributed by atoms with van der Waals surface area (Å²) in [6.45, 7) is 2.08. The Morgan fingerprint density at radius 3 is 2.96 bits per heavy atom. The Hall–Kier alpha value is -3.39. The third-order valence-corrected chi connectivity index (χ3v) is 3.60. The van der Waals surface area contributed by atoms with E-state index < -0.39 is 5.97 Å². The van der Waals surface area contributed by atoms with Gasteiger partial charge in [0.25, 0.3) is 0 Å². The summed E-state index contributed by atoms with van der Waals surface area (Å²) in [7, 11) is 0. The largest absolute Gasteiger partial charge is 0.463 e. The Balaban J connectivity index is 2.12. The Bertz CT molecular complexity index is 950. The number of aromatic nitrogens is 2. The van der Waals surface area contributed by atoms with Crippen LogP contribution in [0, 0.1) is 11.3 Å². The van der Waals surface area contributed by atoms with Gasteiger partial charge in [-0.1, -0.05) is 18.2 Å². The van der Waals surface area contributed by atoms with Crippen LogP contribution in [0.25, 0.3) is 16.5 Å². The van der Waals surface area contributed by atoms with E-state index in [0.717, 1.165) is 16.5 Å². The second-order valence-electron chi connectivity index (χ2n) is 5.10. The lowest BCUT2D eigenvalue weighted by Gasteiger charge is -2.08. The number of aromatic amines is 1. The van der Waals surface area contributed by atoms with Gasteiger partial charge in [0.2, 0.25) is 0 Å². The van der Waals surface area contributed by atoms with Crippen LogP contribution >= 0.6 is 0 Å². The minimum Gasteiger partial charge on any atom is -0.463 e. The molecule has 1 aromatic carbocycles. The molecule has 24 heavy (non-hydrogen) atoms. The van der Waals surface area contributed by atoms with Crippen LogP contribution in [0.4, 0.5) is 0 Å². The molecular weight excluding hydrogens is 302 g/mol. The van der Waals surface area contributed by atoms with Crippen molar-refractivity contribution in [2.75, 3.05) is 6.61 Å². The number of esters is 1. The summed E-state index contributed by atoms with van der Waals surface area (Å²) in [5.41, 5.74) is 3.58. The van der Waals surface area contributed by atoms with E-state index in [9.17, 15) is 4.79 Å². The highest BCUT2D eigenvalue weighted by Crippen LogP contribution is 2.26. The van der Waals surface area contributed by atoms with Gasteiger partial charge in [-0.25, -0.2) is 4.79 Å². The first-order valence-electron chi connectivity index (χ1n) is 7.54. The van der Waals surface area contributed by atoms with Gasteiger partial charge in [-0.15, -0.1) is 0 Å². The Morgan fingerprint density at radius 1 is 1.38 bits per heavy atom. The number of H-pyrrole nitrogens is 1. The Labute approximate surface area is 139 Å². The van der Waals surface area contributed by atoms with Gasteiger partial charge in [0.15, 0.2) is 0 Å². The van der Waals surface area contributed by atoms with E-state index >= 15 is 0 Å². The molecule has 5 nitrogen and oxygen atoms in total. The molecule has 0 aliphatic heterocycles. The molecule has 0 fully saturated rings. The summed E-state index contributed by atoms with van der Waals surface area (Å²) >= 11 is 0. The smallest absolute Gasteiger partial charge is 0.331 e. The van der Waals surface area contributed by atoms with Crippen LogP contribution in [-0.4, -0.2) is 22.5 Å². The number of nitrogens with one attached hydrogen (secondary N) is 1. The second kappa shape index (κ2) is 6.80. The van der Waals surface area contributed by atoms with Crippen molar-refractivity contribution in [2.24, 2.45) is 0 Å². The lowest BCUT2D eigenvalue weighted by Crippen LogP contribution is -2.02. The number of hydrogen-bond acceptors (Lipinski definition) is 4. The zero-order chi connectivity index (χ0) is 16.9. The minimum absolute atomic E-state index is 0.312. The fourth-order valence-corrected chi connectivity index (χ4v) is 2.52. The van der Waals surface area contributed by atoms with Crippen LogP contribution in [0.15, 0.2) is 54.9 Å². The van der Waals surface area contributed by atoms with E-state index in [2.05, 4.69) is 16.0 Å². The van der Waals surface area contributed by atoms with Gasteiger partial charge in [0.05, 0.1) is 17.9 Å². The Morgan fingerprint density at radius 2 is 2.25 bits per heavy atom. The minimum atomic E-state index is -0.414. The van der Waals surface area contributed by atoms with E-state index in [1.165, 1.54) is 6.08 Å². The van der Waals surface area contributed by atoms with Gasteiger partial charge in [-0.2, -0.15) is 5.26 Å². The molecule has 0 aliphatic rings. The number of pyridine rings is 1. The fourth-order valence-electron chi connectivity index (χ4n) is 2.52. The van der Waals surface area contributed by atoms with E-state index in [0.29, 0.717) is 23.4 Å². The topological polar surface area (TPSA) is 78.8 Å². The molecule has 0 unspecified atom stereocenters. The molecular formula is C19H15N3O2. The second-order valence-corrected chi connectivity index (χ2v) is 5.10. The van der Waals surface area contributed by atoms with Crippen LogP contribution in [0.3, 0.4) is 0 Å². The maximum absolute atomic E-state index is 11.9. The molecule has 0 spiro atoms. The molecule has 118 valence electrons. The first-order chi connectivity index (χ1) is 11.7. The van der Waals surface area contributed by atoms with E-state index in [-0.39, 0.29) is 0 Å². The predicted molar refractivity (Wildman–Crippen MR) is 91.0 cm³/mol. The molecule has 1 N–H and O–H groups in total. The number of carbonyl (C=O) groups excluding carboxylic acids is 1. The molecule has 0 saturated carbocycles. The van der Waals surface area contributed by atoms with Gasteiger partial charge in [-0.3, -0.25) is 4.98 Å². The van der Waals surface area contributed by atoms with Crippen LogP contribution in [0.1, 0.15) is 23.7 Å². The fraction of sp³-hybridized carbons (Fsp3) is 0.105. The van der Waals surface area contributed by atoms with E-state index in [4.69, 9.17) is 10.00 Å². The van der Waals surface area contributed by atoms with Crippen molar-refractivity contribution in [1.82, 2.24) is 9.97 Å². The number of nitrogens with zero attached hydrogens (tertiary/aromatic N) is 2. The summed E-state index contributed by atoms with van der Waals surface area (Å²) in [6, 6.07) is 13.3. The molecule has 0 amide bonds. The number of fused-ring (bicyclic) bond motifs is 1. The van der Waals surface area contributed by atoms with Crippen LogP contribution in [0.2, 0.25) is 0 Å². The average molecular weight is 317 g/mol. The van der Waals surface area contributed by atoms with Gasteiger partial charge in [0, 0.05) is 34.9 Å². The van der Waals surface area contributed by atoms with Gasteiger partial charge in [-0.05, 0) is 30.7 Å². The molecule has 0 atom stereocenters. The first kappa shape index (κ1) is 15.5. The zero-order valence-electron chi connectivity index (χ0n) is 13.1. The average Bonchev–Trinajstić information content (AvgIpc) is 3.03. The van der Waals surface area contributed by atoms with Crippen molar-refractivity contribution in [3.63, 3.8) is 0 Å². The third-order valence-electron chi connectivity index (χ3n) is 3.60. The first-order valence-corrected chi connectivity index (χ1v) is 7.54. The predicted octanol–water partition coefficient (Wildman–Crippen LogP) is 3.43. The van der Waals surface area contributed by atoms with E-state index in [1.54, 1.807) is 19.3 Å². The lowest BCUT2D eigenvalue weighted by atomic mass is 10.00. The maximum Gasteiger partial charge on any atom is 0.331 e. The van der Waals surface area contributed by atoms with Gasteiger partial charge >= 0.3 is 5.97 Å². The maximum atomic E-state index is 11.9. The van der Waals surface area contributed by atoms with Crippen molar-refractivity contribution >= 4 is 22.4 Å². The Kier molecular flexibility index (Phi) is 4.39. The number of carbonyl (C=O) groups is 1. The third kappa shape index (κ3) is 3.03. The molecule has 2 heterocycles. The molecule has 0 radical (unpaired) electrons. The summed E-state index contributed by atoms with van der Waals surface area (Å²) in [4.78, 5) is 19.3. The zero-order valence-corrected chi connectivity index (χ0v) is 13.1. The van der Waals surface area contributed by atoms with Crippen molar-refractivity contribution < 1.29 is 9.53 Å². The molecule has 2 aromatic heterocycles. The molecule has 0 aliphatic carbocycles. The van der Waals surface area contributed by atoms with Crippen molar-refractivity contribution in [2.45, 2.75) is 6.92 Å². The molecule has 0 bridgehead atoms. The monoisotopic (exact) mass is 317 g/mol. The summed E-state index contributed by atoms with van der Waals surface area (Å²) < 4.78 is 5.03. The summed E-state index contributed by atoms with van der Waals surface area (Å²) in [5.74, 6) is -0.414. The SMILES string of the molecule is CCOC(=O)C=C(c1ccc2c(C#N)c[nH]c2c1)c1ccccn1. The summed E-state index contributed by atoms with van der Waals surface area (Å²) in [5, 5.41) is 9.95. The van der Waals surface area contributed by atoms with Crippen molar-refractivity contribution in [3.8, 4) is 6.07 Å². The number of nitriles is 1. The molecule has 5 heteroatoms. The highest BCUT2D eigenvalue weighted by molar-refractivity contribution is 5.97. The standard InChI is InChI=1S/C19H15N3O2/c1-2-24-19(23)10-16(17-5-3-4-8-21-17)13-6-7-15-14(11-20)12-22-18(15)9-13/h3-10,12,22H,2H2,1H3. The number of ether oxygens (including phenoxy) is 1. The van der Waals surface area contributed by atoms with Crippen LogP contribution in [-0.2, 0) is 9.53 Å². The number of hydrogen-bond donors (Lipinski definition) is 1. The molecule has 3 rings (SSSR count). The molecule has 0 saturated heterocycles. The quantitative estimate of drug-likeness (QED) is 0.590.